The summed E-state index contributed by atoms with van der Waals surface area (Å²) < 4.78 is 0. The summed E-state index contributed by atoms with van der Waals surface area (Å²) in [4.78, 5) is 14.9. The van der Waals surface area contributed by atoms with E-state index in [4.69, 9.17) is 10.8 Å². The minimum atomic E-state index is -0.536. The molecule has 0 bridgehead atoms. The van der Waals surface area contributed by atoms with Gasteiger partial charge in [-0.15, -0.1) is 0 Å². The molecule has 1 heterocycles. The lowest BCUT2D eigenvalue weighted by atomic mass is 10.2. The molecule has 1 aromatic heterocycles. The highest BCUT2D eigenvalue weighted by Gasteiger charge is 2.08. The number of pyridine rings is 1. The number of amides is 1. The van der Waals surface area contributed by atoms with E-state index in [1.54, 1.807) is 25.3 Å². The molecule has 1 unspecified atom stereocenters. The molecule has 0 spiro atoms. The number of carbonyl (C=O) groups is 1. The maximum atomic E-state index is 10.9. The fraction of sp³-hybridized carbons (Fsp3) is 0.333. The van der Waals surface area contributed by atoms with Crippen molar-refractivity contribution in [2.24, 2.45) is 5.73 Å². The molecule has 5 nitrogen and oxygen atoms in total. The zero-order valence-corrected chi connectivity index (χ0v) is 7.90. The largest absolute Gasteiger partial charge is 0.392 e. The van der Waals surface area contributed by atoms with Gasteiger partial charge in [0.05, 0.1) is 11.7 Å². The number of rotatable bonds is 4. The second-order valence-electron chi connectivity index (χ2n) is 2.99. The van der Waals surface area contributed by atoms with Gasteiger partial charge in [0, 0.05) is 12.7 Å². The standard InChI is InChI=1S/C9H13N3O2/c1-6(13)5-12-9-7(8(10)14)3-2-4-11-9/h2-4,6,13H,5H2,1H3,(H2,10,14)(H,11,12). The van der Waals surface area contributed by atoms with E-state index in [0.29, 0.717) is 17.9 Å². The Balaban J connectivity index is 2.79. The van der Waals surface area contributed by atoms with E-state index >= 15 is 0 Å². The van der Waals surface area contributed by atoms with Gasteiger partial charge in [-0.2, -0.15) is 0 Å². The molecule has 1 amide bonds. The van der Waals surface area contributed by atoms with Gasteiger partial charge in [0.15, 0.2) is 0 Å². The first kappa shape index (κ1) is 10.5. The molecule has 14 heavy (non-hydrogen) atoms. The number of aliphatic hydroxyl groups excluding tert-OH is 1. The highest BCUT2D eigenvalue weighted by atomic mass is 16.3. The van der Waals surface area contributed by atoms with Gasteiger partial charge in [0.1, 0.15) is 5.82 Å². The van der Waals surface area contributed by atoms with Gasteiger partial charge < -0.3 is 16.2 Å². The number of nitrogens with one attached hydrogen (secondary N) is 1. The van der Waals surface area contributed by atoms with Crippen molar-refractivity contribution >= 4 is 11.7 Å². The predicted molar refractivity (Wildman–Crippen MR) is 52.9 cm³/mol. The predicted octanol–water partition coefficient (Wildman–Crippen LogP) is -0.0268. The second-order valence-corrected chi connectivity index (χ2v) is 2.99. The van der Waals surface area contributed by atoms with Gasteiger partial charge in [-0.05, 0) is 19.1 Å². The van der Waals surface area contributed by atoms with Crippen molar-refractivity contribution in [2.45, 2.75) is 13.0 Å². The van der Waals surface area contributed by atoms with Crippen LogP contribution in [0.15, 0.2) is 18.3 Å². The average Bonchev–Trinajstić information content (AvgIpc) is 2.15. The number of nitrogens with two attached hydrogens (primary N) is 1. The van der Waals surface area contributed by atoms with Gasteiger partial charge >= 0.3 is 0 Å². The third-order valence-electron chi connectivity index (χ3n) is 1.64. The van der Waals surface area contributed by atoms with Gasteiger partial charge in [-0.25, -0.2) is 4.98 Å². The molecule has 0 saturated heterocycles. The number of primary amides is 1. The van der Waals surface area contributed by atoms with E-state index < -0.39 is 12.0 Å². The zero-order chi connectivity index (χ0) is 10.6. The Labute approximate surface area is 82.0 Å². The number of hydrogen-bond acceptors (Lipinski definition) is 4. The van der Waals surface area contributed by atoms with Crippen LogP contribution in [-0.2, 0) is 0 Å². The summed E-state index contributed by atoms with van der Waals surface area (Å²) in [6.07, 6.45) is 1.05. The molecular weight excluding hydrogens is 182 g/mol. The van der Waals surface area contributed by atoms with Crippen LogP contribution in [0.1, 0.15) is 17.3 Å². The van der Waals surface area contributed by atoms with Crippen molar-refractivity contribution in [1.82, 2.24) is 4.98 Å². The van der Waals surface area contributed by atoms with Gasteiger partial charge in [0.25, 0.3) is 5.91 Å². The van der Waals surface area contributed by atoms with Crippen LogP contribution in [0.5, 0.6) is 0 Å². The van der Waals surface area contributed by atoms with Crippen LogP contribution in [0.3, 0.4) is 0 Å². The first-order valence-corrected chi connectivity index (χ1v) is 4.28. The van der Waals surface area contributed by atoms with Crippen LogP contribution >= 0.6 is 0 Å². The molecule has 5 heteroatoms. The minimum Gasteiger partial charge on any atom is -0.392 e. The zero-order valence-electron chi connectivity index (χ0n) is 7.90. The molecule has 1 rings (SSSR count). The van der Waals surface area contributed by atoms with E-state index in [0.717, 1.165) is 0 Å². The average molecular weight is 195 g/mol. The normalized spacial score (nSPS) is 12.1. The highest BCUT2D eigenvalue weighted by molar-refractivity contribution is 5.97. The molecule has 0 fully saturated rings. The lowest BCUT2D eigenvalue weighted by Crippen LogP contribution is -2.20. The lowest BCUT2D eigenvalue weighted by Gasteiger charge is -2.09. The quantitative estimate of drug-likeness (QED) is 0.629. The number of anilines is 1. The van der Waals surface area contributed by atoms with E-state index in [2.05, 4.69) is 10.3 Å². The third kappa shape index (κ3) is 2.70. The van der Waals surface area contributed by atoms with Crippen LogP contribution in [0, 0.1) is 0 Å². The van der Waals surface area contributed by atoms with Gasteiger partial charge in [0.2, 0.25) is 0 Å². The van der Waals surface area contributed by atoms with Crippen molar-refractivity contribution in [3.05, 3.63) is 23.9 Å². The summed E-state index contributed by atoms with van der Waals surface area (Å²) in [6.45, 7) is 1.97. The van der Waals surface area contributed by atoms with E-state index in [1.165, 1.54) is 0 Å². The van der Waals surface area contributed by atoms with E-state index in [-0.39, 0.29) is 0 Å². The molecule has 76 valence electrons. The Bertz CT molecular complexity index is 326. The summed E-state index contributed by atoms with van der Waals surface area (Å²) in [6, 6.07) is 3.22. The summed E-state index contributed by atoms with van der Waals surface area (Å²) >= 11 is 0. The van der Waals surface area contributed by atoms with Crippen LogP contribution in [0.2, 0.25) is 0 Å². The van der Waals surface area contributed by atoms with E-state index in [1.807, 2.05) is 0 Å². The molecule has 0 aliphatic heterocycles. The Hall–Kier alpha value is -1.62. The molecule has 1 atom stereocenters. The smallest absolute Gasteiger partial charge is 0.252 e. The van der Waals surface area contributed by atoms with Crippen molar-refractivity contribution in [3.63, 3.8) is 0 Å². The number of aliphatic hydroxyl groups is 1. The van der Waals surface area contributed by atoms with E-state index in [9.17, 15) is 4.79 Å². The second kappa shape index (κ2) is 4.57. The Morgan fingerprint density at radius 3 is 3.07 bits per heavy atom. The third-order valence-corrected chi connectivity index (χ3v) is 1.64. The number of hydrogen-bond donors (Lipinski definition) is 3. The summed E-state index contributed by atoms with van der Waals surface area (Å²) in [5.74, 6) is -0.132. The fourth-order valence-corrected chi connectivity index (χ4v) is 0.989. The summed E-state index contributed by atoms with van der Waals surface area (Å²) in [7, 11) is 0. The molecule has 0 aliphatic rings. The van der Waals surface area contributed by atoms with Crippen molar-refractivity contribution in [3.8, 4) is 0 Å². The number of carbonyl (C=O) groups excluding carboxylic acids is 1. The molecule has 4 N–H and O–H groups in total. The maximum Gasteiger partial charge on any atom is 0.252 e. The molecule has 0 aromatic carbocycles. The Morgan fingerprint density at radius 1 is 1.79 bits per heavy atom. The molecule has 0 radical (unpaired) electrons. The first-order valence-electron chi connectivity index (χ1n) is 4.28. The van der Waals surface area contributed by atoms with Crippen LogP contribution in [-0.4, -0.2) is 28.6 Å². The number of nitrogens with zero attached hydrogens (tertiary/aromatic N) is 1. The van der Waals surface area contributed by atoms with Crippen molar-refractivity contribution in [1.29, 1.82) is 0 Å². The Kier molecular flexibility index (Phi) is 3.41. The SMILES string of the molecule is CC(O)CNc1ncccc1C(N)=O. The van der Waals surface area contributed by atoms with Crippen LogP contribution < -0.4 is 11.1 Å². The fourth-order valence-electron chi connectivity index (χ4n) is 0.989. The topological polar surface area (TPSA) is 88.2 Å². The molecule has 0 saturated carbocycles. The highest BCUT2D eigenvalue weighted by Crippen LogP contribution is 2.09. The summed E-state index contributed by atoms with van der Waals surface area (Å²) in [5.41, 5.74) is 5.47. The maximum absolute atomic E-state index is 10.9. The summed E-state index contributed by atoms with van der Waals surface area (Å²) in [5, 5.41) is 11.9. The first-order chi connectivity index (χ1) is 6.61. The number of aromatic nitrogens is 1. The van der Waals surface area contributed by atoms with Crippen LogP contribution in [0.25, 0.3) is 0 Å². The van der Waals surface area contributed by atoms with Gasteiger partial charge in [-0.1, -0.05) is 0 Å². The molecule has 1 aromatic rings. The van der Waals surface area contributed by atoms with Crippen molar-refractivity contribution in [2.75, 3.05) is 11.9 Å². The Morgan fingerprint density at radius 2 is 2.50 bits per heavy atom. The van der Waals surface area contributed by atoms with Crippen LogP contribution in [0.4, 0.5) is 5.82 Å². The lowest BCUT2D eigenvalue weighted by molar-refractivity contribution is 0.100. The van der Waals surface area contributed by atoms with Gasteiger partial charge in [-0.3, -0.25) is 4.79 Å². The monoisotopic (exact) mass is 195 g/mol. The molecule has 0 aliphatic carbocycles. The minimum absolute atomic E-state index is 0.327. The van der Waals surface area contributed by atoms with Crippen molar-refractivity contribution < 1.29 is 9.90 Å². The molecular formula is C9H13N3O2.